The zero-order valence-corrected chi connectivity index (χ0v) is 7.44. The van der Waals surface area contributed by atoms with Crippen molar-refractivity contribution in [3.05, 3.63) is 36.2 Å². The van der Waals surface area contributed by atoms with Crippen LogP contribution in [0.25, 0.3) is 6.08 Å². The van der Waals surface area contributed by atoms with Gasteiger partial charge in [-0.15, -0.1) is 0 Å². The zero-order valence-electron chi connectivity index (χ0n) is 7.44. The van der Waals surface area contributed by atoms with Crippen molar-refractivity contribution >= 4 is 6.08 Å². The van der Waals surface area contributed by atoms with Crippen LogP contribution in [0.15, 0.2) is 30.6 Å². The number of pyridine rings is 1. The second-order valence-electron chi connectivity index (χ2n) is 2.90. The Labute approximate surface area is 72.8 Å². The molecule has 0 spiro atoms. The van der Waals surface area contributed by atoms with E-state index in [9.17, 15) is 0 Å². The number of aliphatic hydroxyl groups is 1. The van der Waals surface area contributed by atoms with Crippen LogP contribution in [0.5, 0.6) is 0 Å². The van der Waals surface area contributed by atoms with E-state index in [1.165, 1.54) is 0 Å². The van der Waals surface area contributed by atoms with Crippen LogP contribution in [-0.4, -0.2) is 11.2 Å². The Balaban J connectivity index is 2.71. The Kier molecular flexibility index (Phi) is 3.00. The van der Waals surface area contributed by atoms with E-state index < -0.39 is 0 Å². The molecule has 0 amide bonds. The molecule has 0 aliphatic carbocycles. The van der Waals surface area contributed by atoms with Crippen LogP contribution in [0.4, 0.5) is 0 Å². The van der Waals surface area contributed by atoms with E-state index in [1.807, 2.05) is 42.2 Å². The normalized spacial score (nSPS) is 13.6. The number of aliphatic hydroxyl groups excluding tert-OH is 1. The Bertz CT molecular complexity index is 262. The molecule has 0 fully saturated rings. The molecular weight excluding hydrogens is 150 g/mol. The summed E-state index contributed by atoms with van der Waals surface area (Å²) in [4.78, 5) is 0. The van der Waals surface area contributed by atoms with Crippen LogP contribution in [0.2, 0.25) is 0 Å². The summed E-state index contributed by atoms with van der Waals surface area (Å²) < 4.78 is 1.97. The molecule has 1 unspecified atom stereocenters. The minimum Gasteiger partial charge on any atom is -0.389 e. The molecule has 0 aliphatic heterocycles. The van der Waals surface area contributed by atoms with Crippen molar-refractivity contribution in [1.29, 1.82) is 0 Å². The Hall–Kier alpha value is -1.15. The third kappa shape index (κ3) is 2.84. The maximum Gasteiger partial charge on any atom is 0.169 e. The monoisotopic (exact) mass is 164 g/mol. The number of aryl methyl sites for hydroxylation is 1. The van der Waals surface area contributed by atoms with Crippen LogP contribution in [0, 0.1) is 0 Å². The lowest BCUT2D eigenvalue weighted by Crippen LogP contribution is -2.25. The third-order valence-corrected chi connectivity index (χ3v) is 1.57. The molecule has 12 heavy (non-hydrogen) atoms. The van der Waals surface area contributed by atoms with Gasteiger partial charge >= 0.3 is 0 Å². The first-order valence-electron chi connectivity index (χ1n) is 4.00. The highest BCUT2D eigenvalue weighted by Gasteiger charge is 1.91. The summed E-state index contributed by atoms with van der Waals surface area (Å²) in [6.45, 7) is 1.74. The van der Waals surface area contributed by atoms with Gasteiger partial charge in [-0.2, -0.15) is 0 Å². The lowest BCUT2D eigenvalue weighted by Gasteiger charge is -1.93. The SMILES string of the molecule is CC(O)/C=C/c1cc[n+](C)cc1. The van der Waals surface area contributed by atoms with E-state index >= 15 is 0 Å². The largest absolute Gasteiger partial charge is 0.389 e. The summed E-state index contributed by atoms with van der Waals surface area (Å²) in [5.74, 6) is 0. The number of aromatic nitrogens is 1. The molecule has 2 nitrogen and oxygen atoms in total. The van der Waals surface area contributed by atoms with Crippen LogP contribution >= 0.6 is 0 Å². The minimum atomic E-state index is -0.376. The molecule has 0 bridgehead atoms. The minimum absolute atomic E-state index is 0.376. The van der Waals surface area contributed by atoms with E-state index in [0.29, 0.717) is 0 Å². The van der Waals surface area contributed by atoms with Gasteiger partial charge in [-0.25, -0.2) is 4.57 Å². The Morgan fingerprint density at radius 2 is 2.00 bits per heavy atom. The number of rotatable bonds is 2. The fourth-order valence-corrected chi connectivity index (χ4v) is 0.874. The van der Waals surface area contributed by atoms with Crippen molar-refractivity contribution in [3.8, 4) is 0 Å². The lowest BCUT2D eigenvalue weighted by atomic mass is 10.2. The summed E-state index contributed by atoms with van der Waals surface area (Å²) in [6, 6.07) is 4.00. The predicted molar refractivity (Wildman–Crippen MR) is 48.3 cm³/mol. The molecule has 0 saturated carbocycles. The Morgan fingerprint density at radius 3 is 2.50 bits per heavy atom. The highest BCUT2D eigenvalue weighted by molar-refractivity contribution is 5.47. The Morgan fingerprint density at radius 1 is 1.42 bits per heavy atom. The molecule has 64 valence electrons. The standard InChI is InChI=1S/C10H14NO/c1-9(12)3-4-10-5-7-11(2)8-6-10/h3-9,12H,1-2H3/q+1/b4-3+. The molecule has 1 rings (SSSR count). The number of hydrogen-bond donors (Lipinski definition) is 1. The van der Waals surface area contributed by atoms with Gasteiger partial charge in [0.25, 0.3) is 0 Å². The second-order valence-corrected chi connectivity index (χ2v) is 2.90. The molecule has 0 aliphatic rings. The summed E-state index contributed by atoms with van der Waals surface area (Å²) in [5, 5.41) is 8.98. The van der Waals surface area contributed by atoms with E-state index in [1.54, 1.807) is 13.0 Å². The molecule has 1 aromatic rings. The first kappa shape index (κ1) is 8.94. The van der Waals surface area contributed by atoms with E-state index in [4.69, 9.17) is 5.11 Å². The molecule has 2 heteroatoms. The van der Waals surface area contributed by atoms with Gasteiger partial charge in [0.1, 0.15) is 7.05 Å². The number of nitrogens with zero attached hydrogens (tertiary/aromatic N) is 1. The molecule has 1 atom stereocenters. The predicted octanol–water partition coefficient (Wildman–Crippen LogP) is 0.905. The van der Waals surface area contributed by atoms with Crippen molar-refractivity contribution in [2.75, 3.05) is 0 Å². The van der Waals surface area contributed by atoms with Gasteiger partial charge in [-0.3, -0.25) is 0 Å². The van der Waals surface area contributed by atoms with E-state index in [2.05, 4.69) is 0 Å². The van der Waals surface area contributed by atoms with Crippen molar-refractivity contribution in [2.24, 2.45) is 7.05 Å². The summed E-state index contributed by atoms with van der Waals surface area (Å²) in [5.41, 5.74) is 1.11. The maximum absolute atomic E-state index is 8.98. The molecule has 1 N–H and O–H groups in total. The maximum atomic E-state index is 8.98. The van der Waals surface area contributed by atoms with Gasteiger partial charge in [-0.1, -0.05) is 12.2 Å². The average Bonchev–Trinajstić information content (AvgIpc) is 2.03. The van der Waals surface area contributed by atoms with Gasteiger partial charge in [0.15, 0.2) is 12.4 Å². The first-order chi connectivity index (χ1) is 5.68. The van der Waals surface area contributed by atoms with Crippen molar-refractivity contribution in [3.63, 3.8) is 0 Å². The topological polar surface area (TPSA) is 24.1 Å². The smallest absolute Gasteiger partial charge is 0.169 e. The van der Waals surface area contributed by atoms with Gasteiger partial charge in [0, 0.05) is 12.1 Å². The van der Waals surface area contributed by atoms with Crippen LogP contribution < -0.4 is 4.57 Å². The van der Waals surface area contributed by atoms with Crippen LogP contribution in [-0.2, 0) is 7.05 Å². The third-order valence-electron chi connectivity index (χ3n) is 1.57. The second kappa shape index (κ2) is 4.02. The molecule has 1 heterocycles. The summed E-state index contributed by atoms with van der Waals surface area (Å²) in [7, 11) is 1.97. The molecular formula is C10H14NO+. The lowest BCUT2D eigenvalue weighted by molar-refractivity contribution is -0.671. The number of hydrogen-bond acceptors (Lipinski definition) is 1. The summed E-state index contributed by atoms with van der Waals surface area (Å²) >= 11 is 0. The van der Waals surface area contributed by atoms with Crippen molar-refractivity contribution < 1.29 is 9.67 Å². The average molecular weight is 164 g/mol. The highest BCUT2D eigenvalue weighted by atomic mass is 16.3. The fraction of sp³-hybridized carbons (Fsp3) is 0.300. The first-order valence-corrected chi connectivity index (χ1v) is 4.00. The van der Waals surface area contributed by atoms with Gasteiger partial charge in [0.2, 0.25) is 0 Å². The fourth-order valence-electron chi connectivity index (χ4n) is 0.874. The molecule has 0 radical (unpaired) electrons. The quantitative estimate of drug-likeness (QED) is 0.645. The van der Waals surface area contributed by atoms with Crippen LogP contribution in [0.1, 0.15) is 12.5 Å². The van der Waals surface area contributed by atoms with E-state index in [-0.39, 0.29) is 6.10 Å². The van der Waals surface area contributed by atoms with E-state index in [0.717, 1.165) is 5.56 Å². The van der Waals surface area contributed by atoms with Crippen LogP contribution in [0.3, 0.4) is 0 Å². The molecule has 0 saturated heterocycles. The zero-order chi connectivity index (χ0) is 8.97. The van der Waals surface area contributed by atoms with Crippen molar-refractivity contribution in [1.82, 2.24) is 0 Å². The van der Waals surface area contributed by atoms with Gasteiger partial charge < -0.3 is 5.11 Å². The van der Waals surface area contributed by atoms with Gasteiger partial charge in [-0.05, 0) is 12.5 Å². The van der Waals surface area contributed by atoms with Crippen molar-refractivity contribution in [2.45, 2.75) is 13.0 Å². The molecule has 1 aromatic heterocycles. The summed E-state index contributed by atoms with van der Waals surface area (Å²) in [6.07, 6.45) is 7.24. The van der Waals surface area contributed by atoms with Gasteiger partial charge in [0.05, 0.1) is 6.10 Å². The molecule has 0 aromatic carbocycles. The highest BCUT2D eigenvalue weighted by Crippen LogP contribution is 1.98.